The lowest BCUT2D eigenvalue weighted by molar-refractivity contribution is 0.179. The van der Waals surface area contributed by atoms with Gasteiger partial charge in [-0.15, -0.1) is 0 Å². The normalized spacial score (nSPS) is 10.2. The molecule has 0 aromatic rings. The van der Waals surface area contributed by atoms with E-state index in [-0.39, 0.29) is 6.54 Å². The second-order valence-electron chi connectivity index (χ2n) is 0.747. The summed E-state index contributed by atoms with van der Waals surface area (Å²) in [4.78, 5) is 0. The third-order valence-electron chi connectivity index (χ3n) is 0.315. The molecule has 0 heterocycles. The summed E-state index contributed by atoms with van der Waals surface area (Å²) in [5.41, 5.74) is 1.82. The van der Waals surface area contributed by atoms with Crippen LogP contribution in [0.15, 0.2) is 12.3 Å². The molecule has 0 radical (unpaired) electrons. The van der Waals surface area contributed by atoms with Crippen LogP contribution in [0.3, 0.4) is 0 Å². The standard InChI is InChI=1S/C3H7NO2/c5-3-1-2-4-6/h1,3-6H,2H2/b3-1-. The predicted octanol–water partition coefficient (Wildman–Crippen LogP) is 0.0369. The van der Waals surface area contributed by atoms with E-state index in [9.17, 15) is 0 Å². The van der Waals surface area contributed by atoms with Gasteiger partial charge in [-0.05, 0) is 6.08 Å². The van der Waals surface area contributed by atoms with Crippen molar-refractivity contribution in [2.45, 2.75) is 0 Å². The molecule has 6 heavy (non-hydrogen) atoms. The van der Waals surface area contributed by atoms with E-state index < -0.39 is 0 Å². The van der Waals surface area contributed by atoms with Crippen LogP contribution in [0.25, 0.3) is 0 Å². The Balaban J connectivity index is 2.66. The molecule has 0 unspecified atom stereocenters. The Bertz CT molecular complexity index is 44.1. The van der Waals surface area contributed by atoms with Crippen molar-refractivity contribution < 1.29 is 10.3 Å². The number of nitrogens with one attached hydrogen (secondary N) is 1. The largest absolute Gasteiger partial charge is 0.516 e. The van der Waals surface area contributed by atoms with Gasteiger partial charge in [-0.25, -0.2) is 5.48 Å². The fraction of sp³-hybridized carbons (Fsp3) is 0.333. The van der Waals surface area contributed by atoms with Gasteiger partial charge in [0, 0.05) is 6.54 Å². The van der Waals surface area contributed by atoms with Crippen LogP contribution in [0.1, 0.15) is 0 Å². The van der Waals surface area contributed by atoms with Crippen molar-refractivity contribution in [3.8, 4) is 0 Å². The lowest BCUT2D eigenvalue weighted by Crippen LogP contribution is -2.04. The molecule has 0 fully saturated rings. The van der Waals surface area contributed by atoms with Gasteiger partial charge in [-0.1, -0.05) is 0 Å². The molecule has 0 bridgehead atoms. The van der Waals surface area contributed by atoms with E-state index in [2.05, 4.69) is 0 Å². The summed E-state index contributed by atoms with van der Waals surface area (Å²) in [6.07, 6.45) is 2.24. The van der Waals surface area contributed by atoms with Crippen LogP contribution in [-0.4, -0.2) is 16.9 Å². The van der Waals surface area contributed by atoms with E-state index in [1.54, 1.807) is 0 Å². The van der Waals surface area contributed by atoms with Crippen LogP contribution in [-0.2, 0) is 0 Å². The summed E-state index contributed by atoms with van der Waals surface area (Å²) in [5, 5.41) is 15.7. The third kappa shape index (κ3) is 3.46. The van der Waals surface area contributed by atoms with Gasteiger partial charge in [-0.3, -0.25) is 0 Å². The highest BCUT2D eigenvalue weighted by atomic mass is 16.5. The molecule has 0 aromatic heterocycles. The average molecular weight is 89.1 g/mol. The molecule has 3 heteroatoms. The zero-order valence-corrected chi connectivity index (χ0v) is 3.26. The zero-order chi connectivity index (χ0) is 4.83. The Morgan fingerprint density at radius 3 is 2.50 bits per heavy atom. The molecule has 0 rings (SSSR count). The number of aliphatic hydroxyl groups excluding tert-OH is 1. The summed E-state index contributed by atoms with van der Waals surface area (Å²) in [5.74, 6) is 0. The van der Waals surface area contributed by atoms with Gasteiger partial charge in [0.2, 0.25) is 0 Å². The summed E-state index contributed by atoms with van der Waals surface area (Å²) < 4.78 is 0. The summed E-state index contributed by atoms with van der Waals surface area (Å²) in [6.45, 7) is 0.288. The van der Waals surface area contributed by atoms with E-state index in [0.717, 1.165) is 6.26 Å². The highest BCUT2D eigenvalue weighted by Gasteiger charge is 1.63. The molecule has 3 N–H and O–H groups in total. The predicted molar refractivity (Wildman–Crippen MR) is 21.6 cm³/mol. The van der Waals surface area contributed by atoms with E-state index in [4.69, 9.17) is 10.3 Å². The fourth-order valence-electron chi connectivity index (χ4n) is 0.105. The summed E-state index contributed by atoms with van der Waals surface area (Å²) >= 11 is 0. The Labute approximate surface area is 35.9 Å². The molecular formula is C3H7NO2. The second kappa shape index (κ2) is 4.46. The smallest absolute Gasteiger partial charge is 0.0765 e. The fourth-order valence-corrected chi connectivity index (χ4v) is 0.105. The Morgan fingerprint density at radius 1 is 1.67 bits per heavy atom. The molecule has 36 valence electrons. The SMILES string of the molecule is O/C=C\CNO. The Hall–Kier alpha value is -0.540. The molecule has 0 saturated heterocycles. The first kappa shape index (κ1) is 5.46. The van der Waals surface area contributed by atoms with Crippen molar-refractivity contribution in [3.05, 3.63) is 12.3 Å². The van der Waals surface area contributed by atoms with Crippen LogP contribution < -0.4 is 5.48 Å². The van der Waals surface area contributed by atoms with Crippen molar-refractivity contribution in [3.63, 3.8) is 0 Å². The number of aliphatic hydroxyl groups is 1. The van der Waals surface area contributed by atoms with E-state index in [1.807, 2.05) is 5.48 Å². The van der Waals surface area contributed by atoms with Gasteiger partial charge in [-0.2, -0.15) is 0 Å². The average Bonchev–Trinajstić information content (AvgIpc) is 1.61. The molecule has 0 saturated carbocycles. The van der Waals surface area contributed by atoms with Gasteiger partial charge in [0.15, 0.2) is 0 Å². The quantitative estimate of drug-likeness (QED) is 0.330. The highest BCUT2D eigenvalue weighted by Crippen LogP contribution is 1.57. The zero-order valence-electron chi connectivity index (χ0n) is 3.26. The number of hydrogen-bond donors (Lipinski definition) is 3. The highest BCUT2D eigenvalue weighted by molar-refractivity contribution is 4.71. The first-order chi connectivity index (χ1) is 2.91. The maximum absolute atomic E-state index is 7.87. The number of hydroxylamine groups is 1. The molecule has 0 atom stereocenters. The van der Waals surface area contributed by atoms with Crippen LogP contribution in [0.4, 0.5) is 0 Å². The van der Waals surface area contributed by atoms with Crippen LogP contribution in [0.2, 0.25) is 0 Å². The maximum atomic E-state index is 7.87. The van der Waals surface area contributed by atoms with Crippen molar-refractivity contribution >= 4 is 0 Å². The van der Waals surface area contributed by atoms with Gasteiger partial charge >= 0.3 is 0 Å². The van der Waals surface area contributed by atoms with Crippen LogP contribution >= 0.6 is 0 Å². The van der Waals surface area contributed by atoms with Crippen LogP contribution in [0, 0.1) is 0 Å². The minimum absolute atomic E-state index is 0.288. The molecule has 0 spiro atoms. The van der Waals surface area contributed by atoms with Gasteiger partial charge in [0.1, 0.15) is 0 Å². The van der Waals surface area contributed by atoms with E-state index in [0.29, 0.717) is 0 Å². The van der Waals surface area contributed by atoms with Crippen molar-refractivity contribution in [2.75, 3.05) is 6.54 Å². The van der Waals surface area contributed by atoms with Crippen molar-refractivity contribution in [1.29, 1.82) is 0 Å². The van der Waals surface area contributed by atoms with Crippen molar-refractivity contribution in [2.24, 2.45) is 0 Å². The minimum atomic E-state index is 0.288. The van der Waals surface area contributed by atoms with Gasteiger partial charge in [0.25, 0.3) is 0 Å². The molecule has 0 aliphatic rings. The van der Waals surface area contributed by atoms with Crippen LogP contribution in [0.5, 0.6) is 0 Å². The third-order valence-corrected chi connectivity index (χ3v) is 0.315. The number of rotatable bonds is 2. The summed E-state index contributed by atoms with van der Waals surface area (Å²) in [7, 11) is 0. The molecule has 0 amide bonds. The van der Waals surface area contributed by atoms with Gasteiger partial charge < -0.3 is 10.3 Å². The minimum Gasteiger partial charge on any atom is -0.516 e. The van der Waals surface area contributed by atoms with Crippen molar-refractivity contribution in [1.82, 2.24) is 5.48 Å². The Kier molecular flexibility index (Phi) is 4.06. The lowest BCUT2D eigenvalue weighted by atomic mass is 10.6. The molecular weight excluding hydrogens is 82.0 g/mol. The topological polar surface area (TPSA) is 52.5 Å². The lowest BCUT2D eigenvalue weighted by Gasteiger charge is -1.80. The van der Waals surface area contributed by atoms with E-state index in [1.165, 1.54) is 6.08 Å². The summed E-state index contributed by atoms with van der Waals surface area (Å²) in [6, 6.07) is 0. The van der Waals surface area contributed by atoms with E-state index >= 15 is 0 Å². The first-order valence-electron chi connectivity index (χ1n) is 1.58. The molecule has 3 nitrogen and oxygen atoms in total. The molecule has 0 aromatic carbocycles. The maximum Gasteiger partial charge on any atom is 0.0765 e. The number of hydrogen-bond acceptors (Lipinski definition) is 3. The Morgan fingerprint density at radius 2 is 2.33 bits per heavy atom. The first-order valence-corrected chi connectivity index (χ1v) is 1.58. The monoisotopic (exact) mass is 89.0 g/mol. The second-order valence-corrected chi connectivity index (χ2v) is 0.747. The molecule has 0 aliphatic carbocycles. The molecule has 0 aliphatic heterocycles. The van der Waals surface area contributed by atoms with Gasteiger partial charge in [0.05, 0.1) is 6.26 Å².